The van der Waals surface area contributed by atoms with Gasteiger partial charge in [0.05, 0.1) is 11.1 Å². The van der Waals surface area contributed by atoms with E-state index in [4.69, 9.17) is 4.74 Å². The van der Waals surface area contributed by atoms with Crippen LogP contribution in [0.4, 0.5) is 0 Å². The SMILES string of the molecule is O=C1CCC(N2C(=O)c3ccc(CN(CC4CCOCC4)C4CNC4)cc3C2=O)C(=O)N1. The van der Waals surface area contributed by atoms with Crippen molar-refractivity contribution in [2.45, 2.75) is 44.3 Å². The van der Waals surface area contributed by atoms with Gasteiger partial charge in [0.15, 0.2) is 0 Å². The number of carbonyl (C=O) groups is 4. The van der Waals surface area contributed by atoms with E-state index < -0.39 is 23.8 Å². The Balaban J connectivity index is 1.33. The number of nitrogens with zero attached hydrogens (tertiary/aromatic N) is 2. The second kappa shape index (κ2) is 8.73. The number of nitrogens with one attached hydrogen (secondary N) is 2. The minimum atomic E-state index is -0.936. The van der Waals surface area contributed by atoms with Crippen molar-refractivity contribution < 1.29 is 23.9 Å². The van der Waals surface area contributed by atoms with Gasteiger partial charge in [0.1, 0.15) is 6.04 Å². The van der Waals surface area contributed by atoms with Gasteiger partial charge in [0.2, 0.25) is 11.8 Å². The summed E-state index contributed by atoms with van der Waals surface area (Å²) in [5.41, 5.74) is 1.65. The van der Waals surface area contributed by atoms with Crippen LogP contribution in [0.2, 0.25) is 0 Å². The molecule has 0 saturated carbocycles. The van der Waals surface area contributed by atoms with E-state index in [9.17, 15) is 19.2 Å². The summed E-state index contributed by atoms with van der Waals surface area (Å²) in [6.07, 6.45) is 2.41. The van der Waals surface area contributed by atoms with E-state index in [0.29, 0.717) is 29.6 Å². The Morgan fingerprint density at radius 2 is 1.75 bits per heavy atom. The molecule has 170 valence electrons. The number of amides is 4. The van der Waals surface area contributed by atoms with Crippen molar-refractivity contribution in [2.75, 3.05) is 32.8 Å². The standard InChI is InChI=1S/C23H28N4O5/c28-20-4-3-19(21(29)25-20)27-22(30)17-2-1-15(9-18(17)23(27)31)13-26(16-10-24-11-16)12-14-5-7-32-8-6-14/h1-2,9,14,16,19,24H,3-8,10-13H2,(H,25,28,29). The lowest BCUT2D eigenvalue weighted by Crippen LogP contribution is -2.57. The Hall–Kier alpha value is -2.62. The number of hydrogen-bond donors (Lipinski definition) is 2. The highest BCUT2D eigenvalue weighted by Gasteiger charge is 2.44. The van der Waals surface area contributed by atoms with Crippen LogP contribution in [0.25, 0.3) is 0 Å². The number of rotatable bonds is 6. The summed E-state index contributed by atoms with van der Waals surface area (Å²) in [6.45, 7) is 5.22. The first-order chi connectivity index (χ1) is 15.5. The molecule has 4 amide bonds. The average molecular weight is 441 g/mol. The third-order valence-corrected chi connectivity index (χ3v) is 7.00. The molecule has 4 heterocycles. The molecule has 0 aromatic heterocycles. The fourth-order valence-electron chi connectivity index (χ4n) is 4.99. The summed E-state index contributed by atoms with van der Waals surface area (Å²) in [4.78, 5) is 53.2. The second-order valence-corrected chi connectivity index (χ2v) is 9.12. The fourth-order valence-corrected chi connectivity index (χ4v) is 4.99. The second-order valence-electron chi connectivity index (χ2n) is 9.12. The van der Waals surface area contributed by atoms with Gasteiger partial charge in [0, 0.05) is 51.9 Å². The molecule has 0 spiro atoms. The van der Waals surface area contributed by atoms with Gasteiger partial charge in [-0.15, -0.1) is 0 Å². The van der Waals surface area contributed by atoms with Crippen LogP contribution in [-0.4, -0.2) is 78.4 Å². The molecular weight excluding hydrogens is 412 g/mol. The van der Waals surface area contributed by atoms with Crippen molar-refractivity contribution in [3.8, 4) is 0 Å². The molecule has 2 N–H and O–H groups in total. The van der Waals surface area contributed by atoms with Crippen LogP contribution in [0.5, 0.6) is 0 Å². The molecule has 4 aliphatic heterocycles. The monoisotopic (exact) mass is 440 g/mol. The first kappa shape index (κ1) is 21.2. The number of fused-ring (bicyclic) bond motifs is 1. The molecule has 1 aromatic rings. The van der Waals surface area contributed by atoms with Crippen LogP contribution in [0.1, 0.15) is 52.0 Å². The highest BCUT2D eigenvalue weighted by Crippen LogP contribution is 2.29. The number of piperidine rings is 1. The van der Waals surface area contributed by atoms with Crippen LogP contribution in [-0.2, 0) is 20.9 Å². The van der Waals surface area contributed by atoms with E-state index in [2.05, 4.69) is 15.5 Å². The third kappa shape index (κ3) is 3.96. The molecule has 32 heavy (non-hydrogen) atoms. The van der Waals surface area contributed by atoms with Crippen LogP contribution in [0, 0.1) is 5.92 Å². The molecule has 3 saturated heterocycles. The quantitative estimate of drug-likeness (QED) is 0.612. The Morgan fingerprint density at radius 1 is 1.00 bits per heavy atom. The largest absolute Gasteiger partial charge is 0.381 e. The fraction of sp³-hybridized carbons (Fsp3) is 0.565. The van der Waals surface area contributed by atoms with Crippen LogP contribution >= 0.6 is 0 Å². The summed E-state index contributed by atoms with van der Waals surface area (Å²) >= 11 is 0. The van der Waals surface area contributed by atoms with Crippen LogP contribution in [0.15, 0.2) is 18.2 Å². The highest BCUT2D eigenvalue weighted by atomic mass is 16.5. The lowest BCUT2D eigenvalue weighted by molar-refractivity contribution is -0.136. The number of carbonyl (C=O) groups excluding carboxylic acids is 4. The molecule has 9 heteroatoms. The topological polar surface area (TPSA) is 108 Å². The minimum Gasteiger partial charge on any atom is -0.381 e. The molecule has 1 aromatic carbocycles. The molecule has 9 nitrogen and oxygen atoms in total. The molecule has 1 unspecified atom stereocenters. The van der Waals surface area contributed by atoms with Gasteiger partial charge in [-0.05, 0) is 42.9 Å². The number of ether oxygens (including phenoxy) is 1. The predicted octanol–water partition coefficient (Wildman–Crippen LogP) is 0.288. The molecule has 1 atom stereocenters. The van der Waals surface area contributed by atoms with E-state index >= 15 is 0 Å². The Bertz CT molecular complexity index is 954. The smallest absolute Gasteiger partial charge is 0.262 e. The number of hydrogen-bond acceptors (Lipinski definition) is 7. The lowest BCUT2D eigenvalue weighted by atomic mass is 9.97. The maximum atomic E-state index is 13.1. The van der Waals surface area contributed by atoms with E-state index in [-0.39, 0.29) is 18.7 Å². The molecule has 0 aliphatic carbocycles. The first-order valence-corrected chi connectivity index (χ1v) is 11.4. The van der Waals surface area contributed by atoms with Crippen molar-refractivity contribution in [3.63, 3.8) is 0 Å². The molecule has 0 bridgehead atoms. The molecule has 0 radical (unpaired) electrons. The molecule has 3 fully saturated rings. The maximum absolute atomic E-state index is 13.1. The van der Waals surface area contributed by atoms with Crippen LogP contribution in [0.3, 0.4) is 0 Å². The predicted molar refractivity (Wildman–Crippen MR) is 114 cm³/mol. The summed E-state index contributed by atoms with van der Waals surface area (Å²) in [6, 6.07) is 4.92. The minimum absolute atomic E-state index is 0.117. The summed E-state index contributed by atoms with van der Waals surface area (Å²) in [7, 11) is 0. The zero-order valence-corrected chi connectivity index (χ0v) is 18.0. The zero-order valence-electron chi connectivity index (χ0n) is 18.0. The molecule has 4 aliphatic rings. The maximum Gasteiger partial charge on any atom is 0.262 e. The number of benzene rings is 1. The summed E-state index contributed by atoms with van der Waals surface area (Å²) in [5.74, 6) is -1.28. The Morgan fingerprint density at radius 3 is 2.44 bits per heavy atom. The van der Waals surface area contributed by atoms with Crippen molar-refractivity contribution in [1.82, 2.24) is 20.4 Å². The van der Waals surface area contributed by atoms with E-state index in [1.54, 1.807) is 12.1 Å². The van der Waals surface area contributed by atoms with Gasteiger partial charge in [0.25, 0.3) is 11.8 Å². The highest BCUT2D eigenvalue weighted by molar-refractivity contribution is 6.23. The number of imide groups is 2. The van der Waals surface area contributed by atoms with Crippen molar-refractivity contribution >= 4 is 23.6 Å². The normalized spacial score (nSPS) is 24.7. The summed E-state index contributed by atoms with van der Waals surface area (Å²) < 4.78 is 5.49. The summed E-state index contributed by atoms with van der Waals surface area (Å²) in [5, 5.41) is 5.57. The van der Waals surface area contributed by atoms with Crippen molar-refractivity contribution in [1.29, 1.82) is 0 Å². The van der Waals surface area contributed by atoms with E-state index in [1.165, 1.54) is 0 Å². The van der Waals surface area contributed by atoms with Gasteiger partial charge in [-0.2, -0.15) is 0 Å². The third-order valence-electron chi connectivity index (χ3n) is 7.00. The van der Waals surface area contributed by atoms with Gasteiger partial charge in [-0.3, -0.25) is 34.3 Å². The lowest BCUT2D eigenvalue weighted by Gasteiger charge is -2.40. The van der Waals surface area contributed by atoms with Crippen molar-refractivity contribution in [3.05, 3.63) is 34.9 Å². The molecular formula is C23H28N4O5. The van der Waals surface area contributed by atoms with Crippen molar-refractivity contribution in [2.24, 2.45) is 5.92 Å². The van der Waals surface area contributed by atoms with Gasteiger partial charge in [-0.25, -0.2) is 0 Å². The molecule has 5 rings (SSSR count). The average Bonchev–Trinajstić information content (AvgIpc) is 2.98. The van der Waals surface area contributed by atoms with E-state index in [1.807, 2.05) is 6.07 Å². The van der Waals surface area contributed by atoms with Gasteiger partial charge >= 0.3 is 0 Å². The van der Waals surface area contributed by atoms with Gasteiger partial charge in [-0.1, -0.05) is 6.07 Å². The zero-order chi connectivity index (χ0) is 22.2. The van der Waals surface area contributed by atoms with E-state index in [0.717, 1.165) is 56.2 Å². The Labute approximate surface area is 186 Å². The van der Waals surface area contributed by atoms with Crippen LogP contribution < -0.4 is 10.6 Å². The van der Waals surface area contributed by atoms with Gasteiger partial charge < -0.3 is 10.1 Å². The Kier molecular flexibility index (Phi) is 5.79. The first-order valence-electron chi connectivity index (χ1n) is 11.4.